The number of methoxy groups -OCH3 is 1. The summed E-state index contributed by atoms with van der Waals surface area (Å²) in [5.41, 5.74) is 3.34. The van der Waals surface area contributed by atoms with Gasteiger partial charge in [-0.15, -0.1) is 10.2 Å². The topological polar surface area (TPSA) is 115 Å². The third-order valence-electron chi connectivity index (χ3n) is 6.65. The molecule has 1 atom stereocenters. The van der Waals surface area contributed by atoms with Gasteiger partial charge in [0.15, 0.2) is 5.82 Å². The van der Waals surface area contributed by atoms with E-state index in [1.807, 2.05) is 54.6 Å². The summed E-state index contributed by atoms with van der Waals surface area (Å²) in [6.07, 6.45) is 4.23. The first-order chi connectivity index (χ1) is 18.3. The second-order valence-corrected chi connectivity index (χ2v) is 9.02. The third kappa shape index (κ3) is 4.88. The Morgan fingerprint density at radius 2 is 1.92 bits per heavy atom. The largest absolute Gasteiger partial charge is 0.497 e. The number of rotatable bonds is 8. The first kappa shape index (κ1) is 23.1. The van der Waals surface area contributed by atoms with Crippen molar-refractivity contribution in [3.8, 4) is 34.1 Å². The molecule has 6 rings (SSSR count). The lowest BCUT2D eigenvalue weighted by Gasteiger charge is -2.32. The number of aromatic nitrogens is 6. The monoisotopic (exact) mass is 497 g/mol. The zero-order chi connectivity index (χ0) is 25.0. The van der Waals surface area contributed by atoms with Gasteiger partial charge in [0.25, 0.3) is 0 Å². The van der Waals surface area contributed by atoms with Crippen molar-refractivity contribution in [3.05, 3.63) is 66.7 Å². The Hall–Kier alpha value is -4.31. The Labute approximate surface area is 213 Å². The summed E-state index contributed by atoms with van der Waals surface area (Å²) >= 11 is 0. The summed E-state index contributed by atoms with van der Waals surface area (Å²) < 4.78 is 18.3. The van der Waals surface area contributed by atoms with Gasteiger partial charge in [0, 0.05) is 30.6 Å². The number of likely N-dealkylation sites (tertiary alicyclic amines) is 1. The fraction of sp³-hybridized carbons (Fsp3) is 0.296. The van der Waals surface area contributed by atoms with Crippen molar-refractivity contribution >= 4 is 11.1 Å². The maximum atomic E-state index is 6.56. The van der Waals surface area contributed by atoms with Crippen LogP contribution in [0.1, 0.15) is 18.7 Å². The van der Waals surface area contributed by atoms with Crippen LogP contribution < -0.4 is 9.47 Å². The zero-order valence-electron chi connectivity index (χ0n) is 20.5. The predicted molar refractivity (Wildman–Crippen MR) is 137 cm³/mol. The summed E-state index contributed by atoms with van der Waals surface area (Å²) in [5, 5.41) is 15.0. The van der Waals surface area contributed by atoms with Crippen LogP contribution >= 0.6 is 0 Å². The number of H-pyrrole nitrogens is 1. The number of aromatic amines is 1. The SMILES string of the molecule is COc1ccc(-c2c(-c3ccccc3)oc3ncnc(O[C@@H]4CCCN(CCc5nn[nH]n5)C4)c23)cc1. The first-order valence-corrected chi connectivity index (χ1v) is 12.4. The molecule has 1 saturated heterocycles. The second kappa shape index (κ2) is 10.4. The van der Waals surface area contributed by atoms with E-state index in [0.29, 0.717) is 11.6 Å². The number of fused-ring (bicyclic) bond motifs is 1. The molecule has 0 amide bonds. The third-order valence-corrected chi connectivity index (χ3v) is 6.65. The van der Waals surface area contributed by atoms with Crippen molar-refractivity contribution in [1.29, 1.82) is 0 Å². The molecule has 3 aromatic heterocycles. The van der Waals surface area contributed by atoms with E-state index in [1.165, 1.54) is 6.33 Å². The van der Waals surface area contributed by atoms with Gasteiger partial charge >= 0.3 is 0 Å². The Morgan fingerprint density at radius 3 is 2.70 bits per heavy atom. The molecule has 1 N–H and O–H groups in total. The molecular weight excluding hydrogens is 470 g/mol. The van der Waals surface area contributed by atoms with Crippen molar-refractivity contribution in [2.45, 2.75) is 25.4 Å². The summed E-state index contributed by atoms with van der Waals surface area (Å²) in [6.45, 7) is 2.65. The second-order valence-electron chi connectivity index (χ2n) is 9.02. The van der Waals surface area contributed by atoms with Crippen LogP contribution in [0.5, 0.6) is 11.6 Å². The molecule has 37 heavy (non-hydrogen) atoms. The molecule has 10 heteroatoms. The maximum Gasteiger partial charge on any atom is 0.234 e. The normalized spacial score (nSPS) is 16.2. The van der Waals surface area contributed by atoms with Crippen LogP contribution in [0.4, 0.5) is 0 Å². The van der Waals surface area contributed by atoms with E-state index in [-0.39, 0.29) is 6.10 Å². The number of nitrogens with one attached hydrogen (secondary N) is 1. The highest BCUT2D eigenvalue weighted by Crippen LogP contribution is 2.43. The Morgan fingerprint density at radius 1 is 1.05 bits per heavy atom. The minimum atomic E-state index is -0.00379. The number of tetrazole rings is 1. The van der Waals surface area contributed by atoms with Crippen molar-refractivity contribution in [3.63, 3.8) is 0 Å². The molecule has 5 aromatic rings. The van der Waals surface area contributed by atoms with Crippen LogP contribution in [0.2, 0.25) is 0 Å². The lowest BCUT2D eigenvalue weighted by atomic mass is 9.99. The number of ether oxygens (including phenoxy) is 2. The molecule has 0 saturated carbocycles. The maximum absolute atomic E-state index is 6.56. The van der Waals surface area contributed by atoms with Gasteiger partial charge in [-0.05, 0) is 37.1 Å². The van der Waals surface area contributed by atoms with Crippen molar-refractivity contribution in [1.82, 2.24) is 35.5 Å². The fourth-order valence-electron chi connectivity index (χ4n) is 4.84. The highest BCUT2D eigenvalue weighted by atomic mass is 16.5. The van der Waals surface area contributed by atoms with E-state index in [0.717, 1.165) is 78.3 Å². The number of benzene rings is 2. The highest BCUT2D eigenvalue weighted by Gasteiger charge is 2.27. The molecule has 10 nitrogen and oxygen atoms in total. The van der Waals surface area contributed by atoms with Crippen molar-refractivity contribution in [2.24, 2.45) is 0 Å². The molecule has 0 bridgehead atoms. The highest BCUT2D eigenvalue weighted by molar-refractivity contribution is 6.03. The smallest absolute Gasteiger partial charge is 0.234 e. The van der Waals surface area contributed by atoms with Gasteiger partial charge in [0.1, 0.15) is 29.3 Å². The first-order valence-electron chi connectivity index (χ1n) is 12.4. The van der Waals surface area contributed by atoms with Gasteiger partial charge in [-0.25, -0.2) is 9.97 Å². The average molecular weight is 498 g/mol. The Balaban J connectivity index is 1.34. The molecule has 188 valence electrons. The zero-order valence-corrected chi connectivity index (χ0v) is 20.5. The van der Waals surface area contributed by atoms with E-state index in [2.05, 4.69) is 35.5 Å². The Kier molecular flexibility index (Phi) is 6.47. The number of nitrogens with zero attached hydrogens (tertiary/aromatic N) is 6. The molecule has 1 aliphatic rings. The molecule has 1 aliphatic heterocycles. The molecule has 4 heterocycles. The van der Waals surface area contributed by atoms with Gasteiger partial charge in [-0.2, -0.15) is 5.21 Å². The minimum absolute atomic E-state index is 0.00379. The minimum Gasteiger partial charge on any atom is -0.497 e. The van der Waals surface area contributed by atoms with Crippen molar-refractivity contribution < 1.29 is 13.9 Å². The predicted octanol–water partition coefficient (Wildman–Crippen LogP) is 4.16. The van der Waals surface area contributed by atoms with Gasteiger partial charge < -0.3 is 13.9 Å². The summed E-state index contributed by atoms with van der Waals surface area (Å²) in [6, 6.07) is 18.0. The average Bonchev–Trinajstić information content (AvgIpc) is 3.61. The summed E-state index contributed by atoms with van der Waals surface area (Å²) in [4.78, 5) is 11.4. The van der Waals surface area contributed by atoms with Crippen LogP contribution in [-0.2, 0) is 6.42 Å². The number of furan rings is 1. The Bertz CT molecular complexity index is 1450. The fourth-order valence-corrected chi connectivity index (χ4v) is 4.84. The van der Waals surface area contributed by atoms with Crippen LogP contribution in [0.3, 0.4) is 0 Å². The van der Waals surface area contributed by atoms with Gasteiger partial charge in [-0.1, -0.05) is 47.7 Å². The number of hydrogen-bond acceptors (Lipinski definition) is 9. The molecule has 0 spiro atoms. The molecule has 2 aromatic carbocycles. The lowest BCUT2D eigenvalue weighted by Crippen LogP contribution is -2.42. The standard InChI is InChI=1S/C27H27N7O3/c1-35-20-11-9-18(10-12-20)23-24-26(28-17-29-27(24)37-25(23)19-6-3-2-4-7-19)36-21-8-5-14-34(16-21)15-13-22-30-32-33-31-22/h2-4,6-7,9-12,17,21H,5,8,13-16H2,1H3,(H,30,31,32,33)/t21-/m1/s1. The molecule has 0 radical (unpaired) electrons. The summed E-state index contributed by atoms with van der Waals surface area (Å²) in [5.74, 6) is 2.77. The number of piperidine rings is 1. The number of hydrogen-bond donors (Lipinski definition) is 1. The molecular formula is C27H27N7O3. The molecule has 1 fully saturated rings. The lowest BCUT2D eigenvalue weighted by molar-refractivity contribution is 0.0866. The van der Waals surface area contributed by atoms with Crippen molar-refractivity contribution in [2.75, 3.05) is 26.7 Å². The van der Waals surface area contributed by atoms with Crippen LogP contribution in [-0.4, -0.2) is 68.3 Å². The molecule has 0 unspecified atom stereocenters. The van der Waals surface area contributed by atoms with E-state index in [9.17, 15) is 0 Å². The van der Waals surface area contributed by atoms with E-state index >= 15 is 0 Å². The van der Waals surface area contributed by atoms with E-state index in [4.69, 9.17) is 13.9 Å². The van der Waals surface area contributed by atoms with Crippen LogP contribution in [0.25, 0.3) is 33.6 Å². The molecule has 0 aliphatic carbocycles. The summed E-state index contributed by atoms with van der Waals surface area (Å²) in [7, 11) is 1.66. The van der Waals surface area contributed by atoms with Crippen LogP contribution in [0.15, 0.2) is 65.3 Å². The van der Waals surface area contributed by atoms with Gasteiger partial charge in [0.05, 0.1) is 7.11 Å². The van der Waals surface area contributed by atoms with E-state index in [1.54, 1.807) is 7.11 Å². The van der Waals surface area contributed by atoms with Gasteiger partial charge in [0.2, 0.25) is 11.6 Å². The van der Waals surface area contributed by atoms with E-state index < -0.39 is 0 Å². The van der Waals surface area contributed by atoms with Crippen LogP contribution in [0, 0.1) is 0 Å². The quantitative estimate of drug-likeness (QED) is 0.337. The van der Waals surface area contributed by atoms with Gasteiger partial charge in [-0.3, -0.25) is 4.90 Å².